The molecule has 1 aromatic heterocycles. The van der Waals surface area contributed by atoms with Crippen LogP contribution in [0.15, 0.2) is 30.5 Å². The molecule has 0 amide bonds. The van der Waals surface area contributed by atoms with Gasteiger partial charge < -0.3 is 9.84 Å². The van der Waals surface area contributed by atoms with Crippen LogP contribution in [0, 0.1) is 0 Å². The summed E-state index contributed by atoms with van der Waals surface area (Å²) in [5.41, 5.74) is 5.69. The van der Waals surface area contributed by atoms with Crippen LogP contribution in [0.4, 0.5) is 0 Å². The fourth-order valence-corrected chi connectivity index (χ4v) is 3.29. The summed E-state index contributed by atoms with van der Waals surface area (Å²) in [6.45, 7) is 2.24. The van der Waals surface area contributed by atoms with Gasteiger partial charge in [0, 0.05) is 11.8 Å². The number of hydrogen-bond donors (Lipinski definition) is 1. The van der Waals surface area contributed by atoms with Gasteiger partial charge in [-0.15, -0.1) is 0 Å². The van der Waals surface area contributed by atoms with Crippen LogP contribution in [-0.4, -0.2) is 17.2 Å². The van der Waals surface area contributed by atoms with Crippen LogP contribution in [0.1, 0.15) is 55.2 Å². The molecule has 3 heteroatoms. The van der Waals surface area contributed by atoms with E-state index in [-0.39, 0.29) is 6.61 Å². The topological polar surface area (TPSA) is 42.4 Å². The highest BCUT2D eigenvalue weighted by Gasteiger charge is 2.24. The van der Waals surface area contributed by atoms with Crippen molar-refractivity contribution in [1.82, 2.24) is 4.98 Å². The van der Waals surface area contributed by atoms with Crippen LogP contribution in [-0.2, 0) is 13.0 Å². The molecular weight excluding hydrogens is 286 g/mol. The number of methoxy groups -OCH3 is 1. The molecule has 3 rings (SSSR count). The maximum atomic E-state index is 9.17. The van der Waals surface area contributed by atoms with E-state index in [1.165, 1.54) is 30.4 Å². The van der Waals surface area contributed by atoms with E-state index in [2.05, 4.69) is 24.0 Å². The summed E-state index contributed by atoms with van der Waals surface area (Å²) in [5, 5.41) is 9.17. The molecule has 1 heterocycles. The molecule has 1 aromatic carbocycles. The third kappa shape index (κ3) is 3.25. The number of rotatable bonds is 6. The summed E-state index contributed by atoms with van der Waals surface area (Å²) in [4.78, 5) is 4.50. The molecule has 0 radical (unpaired) electrons. The van der Waals surface area contributed by atoms with Gasteiger partial charge in [-0.25, -0.2) is 0 Å². The van der Waals surface area contributed by atoms with Gasteiger partial charge in [0.1, 0.15) is 5.75 Å². The Morgan fingerprint density at radius 1 is 1.26 bits per heavy atom. The third-order valence-electron chi connectivity index (χ3n) is 4.81. The number of aliphatic hydroxyl groups excluding tert-OH is 1. The van der Waals surface area contributed by atoms with Crippen molar-refractivity contribution in [3.63, 3.8) is 0 Å². The predicted molar refractivity (Wildman–Crippen MR) is 92.7 cm³/mol. The average molecular weight is 311 g/mol. The van der Waals surface area contributed by atoms with Crippen molar-refractivity contribution in [2.45, 2.75) is 51.6 Å². The zero-order valence-corrected chi connectivity index (χ0v) is 14.0. The molecule has 3 nitrogen and oxygen atoms in total. The second kappa shape index (κ2) is 7.14. The normalized spacial score (nSPS) is 14.6. The molecule has 0 saturated heterocycles. The molecule has 1 N–H and O–H groups in total. The van der Waals surface area contributed by atoms with E-state index < -0.39 is 0 Å². The fraction of sp³-hybridized carbons (Fsp3) is 0.450. The average Bonchev–Trinajstić information content (AvgIpc) is 2.55. The van der Waals surface area contributed by atoms with E-state index >= 15 is 0 Å². The smallest absolute Gasteiger partial charge is 0.123 e. The number of aliphatic hydroxyl groups is 1. The molecule has 0 bridgehead atoms. The number of ether oxygens (including phenoxy) is 1. The highest BCUT2D eigenvalue weighted by Crippen LogP contribution is 2.42. The van der Waals surface area contributed by atoms with Crippen molar-refractivity contribution >= 4 is 0 Å². The van der Waals surface area contributed by atoms with Gasteiger partial charge >= 0.3 is 0 Å². The third-order valence-corrected chi connectivity index (χ3v) is 4.81. The number of pyridine rings is 1. The highest BCUT2D eigenvalue weighted by molar-refractivity contribution is 5.65. The predicted octanol–water partition coefficient (Wildman–Crippen LogP) is 4.47. The van der Waals surface area contributed by atoms with Crippen molar-refractivity contribution in [2.24, 2.45) is 0 Å². The lowest BCUT2D eigenvalue weighted by Crippen LogP contribution is -2.12. The first kappa shape index (κ1) is 16.0. The molecule has 1 aliphatic carbocycles. The second-order valence-electron chi connectivity index (χ2n) is 6.33. The Morgan fingerprint density at radius 2 is 2.09 bits per heavy atom. The standard InChI is InChI=1S/C20H25NO2/c1-3-5-17-18(15-6-4-7-15)10-16(11-20(17)23-2)19-9-8-14(13-22)12-21-19/h8-12,15,22H,3-7,13H2,1-2H3. The van der Waals surface area contributed by atoms with E-state index in [4.69, 9.17) is 4.74 Å². The van der Waals surface area contributed by atoms with Crippen molar-refractivity contribution in [3.8, 4) is 17.0 Å². The van der Waals surface area contributed by atoms with E-state index in [0.29, 0.717) is 5.92 Å². The lowest BCUT2D eigenvalue weighted by atomic mass is 9.76. The van der Waals surface area contributed by atoms with Crippen molar-refractivity contribution in [3.05, 3.63) is 47.2 Å². The zero-order chi connectivity index (χ0) is 16.2. The quantitative estimate of drug-likeness (QED) is 0.856. The van der Waals surface area contributed by atoms with Gasteiger partial charge in [0.15, 0.2) is 0 Å². The first-order valence-electron chi connectivity index (χ1n) is 8.53. The molecular formula is C20H25NO2. The Labute approximate surface area is 138 Å². The van der Waals surface area contributed by atoms with Crippen LogP contribution < -0.4 is 4.74 Å². The number of nitrogens with zero attached hydrogens (tertiary/aromatic N) is 1. The van der Waals surface area contributed by atoms with Crippen LogP contribution in [0.25, 0.3) is 11.3 Å². The molecule has 0 aliphatic heterocycles. The maximum absolute atomic E-state index is 9.17. The fourth-order valence-electron chi connectivity index (χ4n) is 3.29. The van der Waals surface area contributed by atoms with E-state index in [1.54, 1.807) is 13.3 Å². The summed E-state index contributed by atoms with van der Waals surface area (Å²) < 4.78 is 5.70. The monoisotopic (exact) mass is 311 g/mol. The summed E-state index contributed by atoms with van der Waals surface area (Å²) in [5.74, 6) is 1.65. The Morgan fingerprint density at radius 3 is 2.61 bits per heavy atom. The Bertz CT molecular complexity index is 660. The summed E-state index contributed by atoms with van der Waals surface area (Å²) >= 11 is 0. The van der Waals surface area contributed by atoms with Crippen LogP contribution in [0.3, 0.4) is 0 Å². The molecule has 0 spiro atoms. The van der Waals surface area contributed by atoms with Crippen LogP contribution in [0.5, 0.6) is 5.75 Å². The molecule has 122 valence electrons. The number of benzene rings is 1. The Kier molecular flexibility index (Phi) is 4.97. The molecule has 1 fully saturated rings. The SMILES string of the molecule is CCCc1c(OC)cc(-c2ccc(CO)cn2)cc1C1CCC1. The Balaban J connectivity index is 2.05. The summed E-state index contributed by atoms with van der Waals surface area (Å²) in [6, 6.07) is 8.31. The van der Waals surface area contributed by atoms with Gasteiger partial charge in [0.25, 0.3) is 0 Å². The van der Waals surface area contributed by atoms with Gasteiger partial charge in [-0.05, 0) is 60.1 Å². The number of aromatic nitrogens is 1. The van der Waals surface area contributed by atoms with Crippen LogP contribution in [0.2, 0.25) is 0 Å². The Hall–Kier alpha value is -1.87. The molecule has 1 aliphatic rings. The number of hydrogen-bond acceptors (Lipinski definition) is 3. The lowest BCUT2D eigenvalue weighted by Gasteiger charge is -2.29. The van der Waals surface area contributed by atoms with Crippen molar-refractivity contribution in [2.75, 3.05) is 7.11 Å². The van der Waals surface area contributed by atoms with E-state index in [9.17, 15) is 5.11 Å². The first-order valence-corrected chi connectivity index (χ1v) is 8.53. The summed E-state index contributed by atoms with van der Waals surface area (Å²) in [7, 11) is 1.76. The van der Waals surface area contributed by atoms with Crippen molar-refractivity contribution in [1.29, 1.82) is 0 Å². The van der Waals surface area contributed by atoms with Gasteiger partial charge in [0.05, 0.1) is 19.4 Å². The molecule has 2 aromatic rings. The van der Waals surface area contributed by atoms with Crippen molar-refractivity contribution < 1.29 is 9.84 Å². The summed E-state index contributed by atoms with van der Waals surface area (Å²) in [6.07, 6.45) is 7.81. The molecule has 23 heavy (non-hydrogen) atoms. The zero-order valence-electron chi connectivity index (χ0n) is 14.0. The lowest BCUT2D eigenvalue weighted by molar-refractivity contribution is 0.281. The minimum Gasteiger partial charge on any atom is -0.496 e. The van der Waals surface area contributed by atoms with Gasteiger partial charge in [-0.3, -0.25) is 4.98 Å². The van der Waals surface area contributed by atoms with Gasteiger partial charge in [-0.1, -0.05) is 25.8 Å². The second-order valence-corrected chi connectivity index (χ2v) is 6.33. The minimum atomic E-state index is 0.0271. The van der Waals surface area contributed by atoms with Crippen LogP contribution >= 0.6 is 0 Å². The van der Waals surface area contributed by atoms with Gasteiger partial charge in [0.2, 0.25) is 0 Å². The molecule has 0 unspecified atom stereocenters. The van der Waals surface area contributed by atoms with E-state index in [1.807, 2.05) is 12.1 Å². The largest absolute Gasteiger partial charge is 0.496 e. The maximum Gasteiger partial charge on any atom is 0.123 e. The minimum absolute atomic E-state index is 0.0271. The molecule has 1 saturated carbocycles. The molecule has 0 atom stereocenters. The highest BCUT2D eigenvalue weighted by atomic mass is 16.5. The first-order chi connectivity index (χ1) is 11.3. The van der Waals surface area contributed by atoms with E-state index in [0.717, 1.165) is 35.4 Å². The van der Waals surface area contributed by atoms with Gasteiger partial charge in [-0.2, -0.15) is 0 Å².